The quantitative estimate of drug-likeness (QED) is 0.346. The molecule has 4 aromatic rings. The molecular formula is C30H28N2O3. The number of fused-ring (bicyclic) bond motifs is 1. The summed E-state index contributed by atoms with van der Waals surface area (Å²) in [6.45, 7) is 1.84. The number of hydrogen-bond acceptors (Lipinski definition) is 5. The first kappa shape index (κ1) is 21.8. The third kappa shape index (κ3) is 4.52. The van der Waals surface area contributed by atoms with Crippen LogP contribution in [-0.4, -0.2) is 30.0 Å². The van der Waals surface area contributed by atoms with Gasteiger partial charge in [-0.3, -0.25) is 9.78 Å². The van der Waals surface area contributed by atoms with Gasteiger partial charge in [-0.1, -0.05) is 18.2 Å². The molecule has 2 aromatic heterocycles. The lowest BCUT2D eigenvalue weighted by Crippen LogP contribution is -2.23. The molecule has 0 spiro atoms. The summed E-state index contributed by atoms with van der Waals surface area (Å²) < 4.78 is 12.4. The second kappa shape index (κ2) is 9.51. The van der Waals surface area contributed by atoms with E-state index in [1.165, 1.54) is 12.8 Å². The van der Waals surface area contributed by atoms with Crippen molar-refractivity contribution in [1.29, 1.82) is 0 Å². The predicted molar refractivity (Wildman–Crippen MR) is 137 cm³/mol. The van der Waals surface area contributed by atoms with Gasteiger partial charge in [0.05, 0.1) is 6.61 Å². The van der Waals surface area contributed by atoms with Gasteiger partial charge < -0.3 is 14.5 Å². The van der Waals surface area contributed by atoms with Crippen LogP contribution in [0.25, 0.3) is 33.8 Å². The molecule has 1 N–H and O–H groups in total. The van der Waals surface area contributed by atoms with Crippen LogP contribution in [0.2, 0.25) is 0 Å². The van der Waals surface area contributed by atoms with E-state index in [2.05, 4.69) is 22.4 Å². The van der Waals surface area contributed by atoms with Gasteiger partial charge in [-0.25, -0.2) is 0 Å². The summed E-state index contributed by atoms with van der Waals surface area (Å²) in [7, 11) is 0. The van der Waals surface area contributed by atoms with Crippen LogP contribution in [-0.2, 0) is 6.42 Å². The Bertz CT molecular complexity index is 1340. The van der Waals surface area contributed by atoms with E-state index in [1.807, 2.05) is 48.5 Å². The maximum Gasteiger partial charge on any atom is 0.163 e. The van der Waals surface area contributed by atoms with Gasteiger partial charge in [0.2, 0.25) is 0 Å². The second-order valence-electron chi connectivity index (χ2n) is 9.34. The van der Waals surface area contributed by atoms with E-state index in [-0.39, 0.29) is 5.78 Å². The topological polar surface area (TPSA) is 64.4 Å². The Morgan fingerprint density at radius 1 is 0.914 bits per heavy atom. The Balaban J connectivity index is 1.28. The molecule has 0 amide bonds. The van der Waals surface area contributed by atoms with Gasteiger partial charge in [0.15, 0.2) is 5.78 Å². The molecule has 1 atom stereocenters. The fraction of sp³-hybridized carbons (Fsp3) is 0.267. The maximum atomic E-state index is 12.1. The van der Waals surface area contributed by atoms with Gasteiger partial charge in [-0.15, -0.1) is 0 Å². The molecule has 1 aliphatic carbocycles. The van der Waals surface area contributed by atoms with Crippen LogP contribution in [0.15, 0.2) is 77.5 Å². The molecule has 176 valence electrons. The van der Waals surface area contributed by atoms with E-state index >= 15 is 0 Å². The van der Waals surface area contributed by atoms with E-state index < -0.39 is 0 Å². The van der Waals surface area contributed by atoms with Crippen molar-refractivity contribution in [2.45, 2.75) is 38.1 Å². The molecule has 5 nitrogen and oxygen atoms in total. The van der Waals surface area contributed by atoms with E-state index in [1.54, 1.807) is 12.4 Å². The summed E-state index contributed by atoms with van der Waals surface area (Å²) in [4.78, 5) is 16.3. The Labute approximate surface area is 205 Å². The first-order valence-electron chi connectivity index (χ1n) is 12.4. The minimum atomic E-state index is 0.232. The van der Waals surface area contributed by atoms with Crippen LogP contribution >= 0.6 is 0 Å². The van der Waals surface area contributed by atoms with Crippen molar-refractivity contribution in [3.05, 3.63) is 84.2 Å². The molecular weight excluding hydrogens is 436 g/mol. The number of benzene rings is 2. The number of nitrogens with one attached hydrogen (secondary N) is 1. The van der Waals surface area contributed by atoms with Crippen molar-refractivity contribution >= 4 is 5.78 Å². The molecule has 1 aliphatic heterocycles. The lowest BCUT2D eigenvalue weighted by Gasteiger charge is -2.11. The number of carbonyl (C=O) groups is 1. The van der Waals surface area contributed by atoms with Gasteiger partial charge >= 0.3 is 0 Å². The highest BCUT2D eigenvalue weighted by Crippen LogP contribution is 2.40. The number of rotatable bonds is 7. The van der Waals surface area contributed by atoms with Crippen LogP contribution in [0.4, 0.5) is 0 Å². The fourth-order valence-electron chi connectivity index (χ4n) is 5.13. The maximum absolute atomic E-state index is 12.1. The van der Waals surface area contributed by atoms with Gasteiger partial charge in [-0.2, -0.15) is 0 Å². The zero-order valence-electron chi connectivity index (χ0n) is 19.6. The molecule has 5 heteroatoms. The van der Waals surface area contributed by atoms with Crippen LogP contribution in [0.1, 0.15) is 41.6 Å². The minimum absolute atomic E-state index is 0.232. The summed E-state index contributed by atoms with van der Waals surface area (Å²) in [5, 5.41) is 3.51. The van der Waals surface area contributed by atoms with Gasteiger partial charge in [0.25, 0.3) is 0 Å². The fourth-order valence-corrected chi connectivity index (χ4v) is 5.13. The van der Waals surface area contributed by atoms with Gasteiger partial charge in [-0.05, 0) is 85.8 Å². The van der Waals surface area contributed by atoms with Crippen molar-refractivity contribution in [1.82, 2.24) is 10.3 Å². The van der Waals surface area contributed by atoms with Crippen LogP contribution in [0.5, 0.6) is 5.75 Å². The lowest BCUT2D eigenvalue weighted by molar-refractivity contribution is 0.0994. The first-order chi connectivity index (χ1) is 17.2. The van der Waals surface area contributed by atoms with Crippen molar-refractivity contribution in [2.75, 3.05) is 13.2 Å². The Hall–Kier alpha value is -3.70. The summed E-state index contributed by atoms with van der Waals surface area (Å²) in [6, 6.07) is 20.8. The SMILES string of the molecule is O=C1CCc2cc(-c3cc(-c4ccc(OCCC5CCCN5)cc4)oc3-c3ccncc3)ccc21. The molecule has 2 aromatic carbocycles. The number of aryl methyl sites for hydroxylation is 1. The van der Waals surface area contributed by atoms with Gasteiger partial charge in [0, 0.05) is 47.1 Å². The lowest BCUT2D eigenvalue weighted by atomic mass is 9.98. The molecule has 35 heavy (non-hydrogen) atoms. The Morgan fingerprint density at radius 2 is 1.74 bits per heavy atom. The number of furan rings is 1. The minimum Gasteiger partial charge on any atom is -0.494 e. The van der Waals surface area contributed by atoms with Crippen molar-refractivity contribution in [3.63, 3.8) is 0 Å². The molecule has 0 saturated carbocycles. The standard InChI is InChI=1S/C30H28N2O3/c33-28-10-6-22-18-23(5-9-26(22)28)27-19-29(35-30(27)21-11-15-31-16-12-21)20-3-7-25(8-4-20)34-17-13-24-2-1-14-32-24/h3-5,7-9,11-12,15-16,18-19,24,32H,1-2,6,10,13-14,17H2. The molecule has 1 unspecified atom stereocenters. The summed E-state index contributed by atoms with van der Waals surface area (Å²) in [6.07, 6.45) is 8.48. The molecule has 3 heterocycles. The molecule has 1 fully saturated rings. The average Bonchev–Trinajstić information content (AvgIpc) is 3.66. The van der Waals surface area contributed by atoms with Crippen molar-refractivity contribution in [2.24, 2.45) is 0 Å². The van der Waals surface area contributed by atoms with E-state index in [4.69, 9.17) is 9.15 Å². The first-order valence-corrected chi connectivity index (χ1v) is 12.4. The third-order valence-electron chi connectivity index (χ3n) is 7.05. The molecule has 6 rings (SSSR count). The van der Waals surface area contributed by atoms with Crippen LogP contribution in [0.3, 0.4) is 0 Å². The Kier molecular flexibility index (Phi) is 5.93. The number of ketones is 1. The molecule has 0 bridgehead atoms. The van der Waals surface area contributed by atoms with E-state index in [0.717, 1.165) is 76.6 Å². The average molecular weight is 465 g/mol. The number of carbonyl (C=O) groups excluding carboxylic acids is 1. The number of aromatic nitrogens is 1. The Morgan fingerprint density at radius 3 is 2.54 bits per heavy atom. The number of pyridine rings is 1. The smallest absolute Gasteiger partial charge is 0.163 e. The van der Waals surface area contributed by atoms with E-state index in [9.17, 15) is 4.79 Å². The normalized spacial score (nSPS) is 17.0. The monoisotopic (exact) mass is 464 g/mol. The summed E-state index contributed by atoms with van der Waals surface area (Å²) >= 11 is 0. The van der Waals surface area contributed by atoms with Crippen LogP contribution < -0.4 is 10.1 Å². The predicted octanol–water partition coefficient (Wildman–Crippen LogP) is 6.33. The number of nitrogens with zero attached hydrogens (tertiary/aromatic N) is 1. The highest BCUT2D eigenvalue weighted by Gasteiger charge is 2.22. The largest absolute Gasteiger partial charge is 0.494 e. The van der Waals surface area contributed by atoms with Gasteiger partial charge in [0.1, 0.15) is 17.3 Å². The van der Waals surface area contributed by atoms with Crippen LogP contribution in [0, 0.1) is 0 Å². The number of ether oxygens (including phenoxy) is 1. The zero-order chi connectivity index (χ0) is 23.6. The molecule has 1 saturated heterocycles. The van der Waals surface area contributed by atoms with Crippen molar-refractivity contribution < 1.29 is 13.9 Å². The molecule has 2 aliphatic rings. The summed E-state index contributed by atoms with van der Waals surface area (Å²) in [5.74, 6) is 2.70. The highest BCUT2D eigenvalue weighted by atomic mass is 16.5. The number of Topliss-reactive ketones (excluding diaryl/α,β-unsaturated/α-hetero) is 1. The number of hydrogen-bond donors (Lipinski definition) is 1. The third-order valence-corrected chi connectivity index (χ3v) is 7.05. The molecule has 0 radical (unpaired) electrons. The summed E-state index contributed by atoms with van der Waals surface area (Å²) in [5.41, 5.74) is 6.00. The van der Waals surface area contributed by atoms with E-state index in [0.29, 0.717) is 12.5 Å². The second-order valence-corrected chi connectivity index (χ2v) is 9.34. The zero-order valence-corrected chi connectivity index (χ0v) is 19.6. The highest BCUT2D eigenvalue weighted by molar-refractivity contribution is 6.01. The van der Waals surface area contributed by atoms with Crippen molar-refractivity contribution in [3.8, 4) is 39.5 Å².